The Bertz CT molecular complexity index is 747. The lowest BCUT2D eigenvalue weighted by Crippen LogP contribution is -2.36. The van der Waals surface area contributed by atoms with Gasteiger partial charge in [-0.1, -0.05) is 24.3 Å². The molecule has 3 rings (SSSR count). The van der Waals surface area contributed by atoms with Gasteiger partial charge in [-0.05, 0) is 38.2 Å². The molecule has 0 fully saturated rings. The molecule has 6 heteroatoms. The number of benzene rings is 1. The van der Waals surface area contributed by atoms with Gasteiger partial charge in [0.25, 0.3) is 0 Å². The lowest BCUT2D eigenvalue weighted by atomic mass is 9.96. The summed E-state index contributed by atoms with van der Waals surface area (Å²) in [5.74, 6) is 0. The van der Waals surface area contributed by atoms with Gasteiger partial charge >= 0.3 is 0 Å². The largest absolute Gasteiger partial charge is 0.375 e. The molecule has 22 heavy (non-hydrogen) atoms. The third-order valence-electron chi connectivity index (χ3n) is 4.06. The first-order valence-electron chi connectivity index (χ1n) is 7.40. The summed E-state index contributed by atoms with van der Waals surface area (Å²) in [4.78, 5) is 10.8. The molecule has 1 aromatic carbocycles. The molecular weight excluding hydrogens is 294 g/mol. The lowest BCUT2D eigenvalue weighted by Gasteiger charge is -2.33. The van der Waals surface area contributed by atoms with E-state index in [1.807, 2.05) is 18.7 Å². The molecule has 2 unspecified atom stereocenters. The van der Waals surface area contributed by atoms with E-state index in [0.29, 0.717) is 11.2 Å². The molecule has 3 aromatic rings. The molecule has 2 atom stereocenters. The predicted molar refractivity (Wildman–Crippen MR) is 92.2 cm³/mol. The maximum Gasteiger partial charge on any atom is 0.181 e. The molecule has 0 aliphatic carbocycles. The molecule has 0 saturated carbocycles. The summed E-state index contributed by atoms with van der Waals surface area (Å²) in [5.41, 5.74) is 8.05. The number of fused-ring (bicyclic) bond motifs is 1. The van der Waals surface area contributed by atoms with Gasteiger partial charge in [-0.25, -0.2) is 9.97 Å². The Morgan fingerprint density at radius 3 is 2.82 bits per heavy atom. The summed E-state index contributed by atoms with van der Waals surface area (Å²) in [7, 11) is 4.25. The second-order valence-corrected chi connectivity index (χ2v) is 6.74. The summed E-state index contributed by atoms with van der Waals surface area (Å²) < 4.78 is 3.31. The van der Waals surface area contributed by atoms with Crippen molar-refractivity contribution in [3.63, 3.8) is 0 Å². The smallest absolute Gasteiger partial charge is 0.181 e. The summed E-state index contributed by atoms with van der Waals surface area (Å²) in [6.07, 6.45) is 6.81. The molecule has 5 nitrogen and oxygen atoms in total. The van der Waals surface area contributed by atoms with E-state index >= 15 is 0 Å². The first-order valence-corrected chi connectivity index (χ1v) is 8.21. The van der Waals surface area contributed by atoms with Gasteiger partial charge in [-0.3, -0.25) is 0 Å². The number of rotatable bonds is 5. The molecule has 0 saturated heterocycles. The monoisotopic (exact) mass is 315 g/mol. The average Bonchev–Trinajstić information content (AvgIpc) is 3.11. The average molecular weight is 315 g/mol. The first-order chi connectivity index (χ1) is 10.6. The van der Waals surface area contributed by atoms with Gasteiger partial charge in [0.2, 0.25) is 0 Å². The van der Waals surface area contributed by atoms with Crippen LogP contribution in [0.3, 0.4) is 0 Å². The van der Waals surface area contributed by atoms with Gasteiger partial charge in [0.05, 0.1) is 22.6 Å². The molecule has 2 N–H and O–H groups in total. The van der Waals surface area contributed by atoms with Gasteiger partial charge < -0.3 is 15.2 Å². The fraction of sp³-hybridized carbons (Fsp3) is 0.375. The van der Waals surface area contributed by atoms with E-state index in [1.165, 1.54) is 16.9 Å². The van der Waals surface area contributed by atoms with Crippen molar-refractivity contribution in [1.29, 1.82) is 0 Å². The maximum atomic E-state index is 5.83. The van der Waals surface area contributed by atoms with Crippen LogP contribution >= 0.6 is 11.3 Å². The van der Waals surface area contributed by atoms with Crippen LogP contribution in [0.2, 0.25) is 0 Å². The molecule has 2 heterocycles. The number of nitrogen functional groups attached to an aromatic ring is 1. The Morgan fingerprint density at radius 2 is 2.18 bits per heavy atom. The zero-order chi connectivity index (χ0) is 15.7. The van der Waals surface area contributed by atoms with Crippen LogP contribution in [-0.4, -0.2) is 39.6 Å². The highest BCUT2D eigenvalue weighted by atomic mass is 32.1. The van der Waals surface area contributed by atoms with E-state index < -0.39 is 0 Å². The SMILES string of the molecule is CCC(C(c1ccc2nc(N)sc2c1)n1ccnc1)N(C)C. The molecule has 0 amide bonds. The Labute approximate surface area is 134 Å². The fourth-order valence-corrected chi connectivity index (χ4v) is 3.82. The van der Waals surface area contributed by atoms with Crippen molar-refractivity contribution in [2.24, 2.45) is 0 Å². The van der Waals surface area contributed by atoms with Crippen LogP contribution in [0.5, 0.6) is 0 Å². The third-order valence-corrected chi connectivity index (χ3v) is 4.91. The van der Waals surface area contributed by atoms with Crippen LogP contribution in [0.15, 0.2) is 36.9 Å². The second kappa shape index (κ2) is 6.06. The number of thiazole rings is 1. The van der Waals surface area contributed by atoms with Crippen LogP contribution in [0.4, 0.5) is 5.13 Å². The van der Waals surface area contributed by atoms with Crippen LogP contribution < -0.4 is 5.73 Å². The van der Waals surface area contributed by atoms with Crippen molar-refractivity contribution in [2.45, 2.75) is 25.4 Å². The van der Waals surface area contributed by atoms with Crippen LogP contribution in [0.1, 0.15) is 24.9 Å². The summed E-state index contributed by atoms with van der Waals surface area (Å²) in [6.45, 7) is 2.22. The van der Waals surface area contributed by atoms with Crippen molar-refractivity contribution in [3.8, 4) is 0 Å². The highest BCUT2D eigenvalue weighted by Gasteiger charge is 2.25. The Morgan fingerprint density at radius 1 is 1.36 bits per heavy atom. The molecule has 2 aromatic heterocycles. The number of anilines is 1. The molecule has 0 spiro atoms. The van der Waals surface area contributed by atoms with Crippen LogP contribution in [0.25, 0.3) is 10.2 Å². The predicted octanol–water partition coefficient (Wildman–Crippen LogP) is 3.00. The molecule has 0 aliphatic heterocycles. The van der Waals surface area contributed by atoms with E-state index in [9.17, 15) is 0 Å². The van der Waals surface area contributed by atoms with Gasteiger partial charge in [0, 0.05) is 18.4 Å². The van der Waals surface area contributed by atoms with E-state index in [2.05, 4.69) is 58.7 Å². The van der Waals surface area contributed by atoms with E-state index in [-0.39, 0.29) is 6.04 Å². The molecule has 0 bridgehead atoms. The van der Waals surface area contributed by atoms with Crippen molar-refractivity contribution in [1.82, 2.24) is 19.4 Å². The third kappa shape index (κ3) is 2.71. The molecule has 0 radical (unpaired) electrons. The summed E-state index contributed by atoms with van der Waals surface area (Å²) in [5, 5.41) is 0.617. The quantitative estimate of drug-likeness (QED) is 0.786. The van der Waals surface area contributed by atoms with Crippen LogP contribution in [0, 0.1) is 0 Å². The number of hydrogen-bond acceptors (Lipinski definition) is 5. The topological polar surface area (TPSA) is 60.0 Å². The number of hydrogen-bond donors (Lipinski definition) is 1. The zero-order valence-electron chi connectivity index (χ0n) is 13.1. The summed E-state index contributed by atoms with van der Waals surface area (Å²) in [6, 6.07) is 7.02. The normalized spacial score (nSPS) is 14.5. The van der Waals surface area contributed by atoms with E-state index in [1.54, 1.807) is 0 Å². The van der Waals surface area contributed by atoms with Gasteiger partial charge in [-0.2, -0.15) is 0 Å². The first kappa shape index (κ1) is 15.0. The number of nitrogens with two attached hydrogens (primary N) is 1. The number of nitrogens with zero attached hydrogens (tertiary/aromatic N) is 4. The number of aromatic nitrogens is 3. The zero-order valence-corrected chi connectivity index (χ0v) is 13.9. The highest BCUT2D eigenvalue weighted by Crippen LogP contribution is 2.31. The van der Waals surface area contributed by atoms with E-state index in [0.717, 1.165) is 16.6 Å². The van der Waals surface area contributed by atoms with E-state index in [4.69, 9.17) is 5.73 Å². The van der Waals surface area contributed by atoms with Crippen molar-refractivity contribution in [2.75, 3.05) is 19.8 Å². The molecule has 116 valence electrons. The number of imidazole rings is 1. The molecule has 0 aliphatic rings. The Hall–Kier alpha value is -1.92. The number of likely N-dealkylation sites (N-methyl/N-ethyl adjacent to an activating group) is 1. The summed E-state index contributed by atoms with van der Waals surface area (Å²) >= 11 is 1.54. The molecular formula is C16H21N5S. The minimum absolute atomic E-state index is 0.218. The Kier molecular flexibility index (Phi) is 4.13. The lowest BCUT2D eigenvalue weighted by molar-refractivity contribution is 0.227. The van der Waals surface area contributed by atoms with Crippen molar-refractivity contribution in [3.05, 3.63) is 42.5 Å². The van der Waals surface area contributed by atoms with Gasteiger partial charge in [-0.15, -0.1) is 0 Å². The minimum atomic E-state index is 0.218. The van der Waals surface area contributed by atoms with Gasteiger partial charge in [0.1, 0.15) is 0 Å². The van der Waals surface area contributed by atoms with Crippen molar-refractivity contribution < 1.29 is 0 Å². The maximum absolute atomic E-state index is 5.83. The Balaban J connectivity index is 2.10. The standard InChI is InChI=1S/C16H21N5S/c1-4-13(20(2)3)15(21-8-7-18-10-21)11-5-6-12-14(9-11)22-16(17)19-12/h5-10,13,15H,4H2,1-3H3,(H2,17,19). The fourth-order valence-electron chi connectivity index (χ4n) is 3.04. The van der Waals surface area contributed by atoms with Crippen LogP contribution in [-0.2, 0) is 0 Å². The highest BCUT2D eigenvalue weighted by molar-refractivity contribution is 7.22. The minimum Gasteiger partial charge on any atom is -0.375 e. The van der Waals surface area contributed by atoms with Crippen molar-refractivity contribution >= 4 is 26.7 Å². The van der Waals surface area contributed by atoms with Gasteiger partial charge in [0.15, 0.2) is 5.13 Å². The second-order valence-electron chi connectivity index (χ2n) is 5.67.